The van der Waals surface area contributed by atoms with Crippen molar-refractivity contribution in [3.05, 3.63) is 88.4 Å². The average molecular weight is 379 g/mol. The fraction of sp³-hybridized carbons (Fsp3) is 0.190. The van der Waals surface area contributed by atoms with E-state index in [9.17, 15) is 9.59 Å². The van der Waals surface area contributed by atoms with Crippen LogP contribution in [0.4, 0.5) is 0 Å². The van der Waals surface area contributed by atoms with Crippen LogP contribution in [0.1, 0.15) is 27.0 Å². The molecule has 0 saturated heterocycles. The number of amides is 2. The van der Waals surface area contributed by atoms with Gasteiger partial charge in [0.2, 0.25) is 5.91 Å². The zero-order chi connectivity index (χ0) is 19.2. The third-order valence-electron chi connectivity index (χ3n) is 4.32. The Kier molecular flexibility index (Phi) is 5.98. The van der Waals surface area contributed by atoms with Crippen LogP contribution in [0, 0.1) is 0 Å². The van der Waals surface area contributed by atoms with E-state index < -0.39 is 0 Å². The third kappa shape index (κ3) is 4.41. The van der Waals surface area contributed by atoms with Crippen molar-refractivity contribution in [2.45, 2.75) is 6.04 Å². The van der Waals surface area contributed by atoms with Crippen molar-refractivity contribution in [2.75, 3.05) is 20.6 Å². The molecule has 6 heteroatoms. The number of carbonyl (C=O) groups is 2. The molecule has 3 aromatic rings. The first-order chi connectivity index (χ1) is 13.1. The van der Waals surface area contributed by atoms with Gasteiger partial charge in [0, 0.05) is 20.3 Å². The summed E-state index contributed by atoms with van der Waals surface area (Å²) in [6, 6.07) is 18.7. The molecule has 2 aromatic heterocycles. The van der Waals surface area contributed by atoms with Crippen molar-refractivity contribution in [2.24, 2.45) is 0 Å². The number of nitrogens with zero attached hydrogens (tertiary/aromatic N) is 3. The Morgan fingerprint density at radius 2 is 1.74 bits per heavy atom. The van der Waals surface area contributed by atoms with Gasteiger partial charge < -0.3 is 9.80 Å². The summed E-state index contributed by atoms with van der Waals surface area (Å²) in [4.78, 5) is 33.5. The molecular formula is C21H21N3O2S. The van der Waals surface area contributed by atoms with Gasteiger partial charge in [0.25, 0.3) is 5.91 Å². The highest BCUT2D eigenvalue weighted by molar-refractivity contribution is 7.12. The maximum Gasteiger partial charge on any atom is 0.264 e. The fourth-order valence-electron chi connectivity index (χ4n) is 2.88. The minimum absolute atomic E-state index is 0.00337. The molecule has 3 rings (SSSR count). The van der Waals surface area contributed by atoms with Crippen LogP contribution in [0.15, 0.2) is 72.2 Å². The Hall–Kier alpha value is -2.99. The highest BCUT2D eigenvalue weighted by Gasteiger charge is 2.26. The minimum atomic E-state index is -0.315. The monoisotopic (exact) mass is 379 g/mol. The van der Waals surface area contributed by atoms with Gasteiger partial charge in [0.15, 0.2) is 0 Å². The molecule has 2 amide bonds. The van der Waals surface area contributed by atoms with E-state index in [-0.39, 0.29) is 24.4 Å². The second-order valence-corrected chi connectivity index (χ2v) is 7.16. The number of aromatic nitrogens is 1. The second kappa shape index (κ2) is 8.60. The van der Waals surface area contributed by atoms with Gasteiger partial charge in [0.1, 0.15) is 0 Å². The quantitative estimate of drug-likeness (QED) is 0.659. The summed E-state index contributed by atoms with van der Waals surface area (Å²) in [7, 11) is 3.39. The highest BCUT2D eigenvalue weighted by Crippen LogP contribution is 2.26. The smallest absolute Gasteiger partial charge is 0.264 e. The van der Waals surface area contributed by atoms with E-state index in [2.05, 4.69) is 4.98 Å². The van der Waals surface area contributed by atoms with Crippen molar-refractivity contribution in [3.8, 4) is 0 Å². The summed E-state index contributed by atoms with van der Waals surface area (Å²) < 4.78 is 0. The van der Waals surface area contributed by atoms with Gasteiger partial charge in [0.05, 0.1) is 23.2 Å². The van der Waals surface area contributed by atoms with Crippen molar-refractivity contribution < 1.29 is 9.59 Å². The molecule has 0 radical (unpaired) electrons. The van der Waals surface area contributed by atoms with E-state index in [1.165, 1.54) is 16.2 Å². The third-order valence-corrected chi connectivity index (χ3v) is 5.17. The van der Waals surface area contributed by atoms with Gasteiger partial charge in [-0.1, -0.05) is 42.5 Å². The molecule has 0 fully saturated rings. The average Bonchev–Trinajstić information content (AvgIpc) is 3.24. The van der Waals surface area contributed by atoms with Crippen molar-refractivity contribution in [3.63, 3.8) is 0 Å². The van der Waals surface area contributed by atoms with Gasteiger partial charge in [-0.2, -0.15) is 0 Å². The van der Waals surface area contributed by atoms with Crippen LogP contribution in [-0.4, -0.2) is 47.2 Å². The molecule has 0 saturated carbocycles. The van der Waals surface area contributed by atoms with E-state index in [0.717, 1.165) is 11.3 Å². The highest BCUT2D eigenvalue weighted by atomic mass is 32.1. The van der Waals surface area contributed by atoms with Gasteiger partial charge in [-0.05, 0) is 29.1 Å². The van der Waals surface area contributed by atoms with Gasteiger partial charge in [-0.3, -0.25) is 14.6 Å². The first-order valence-corrected chi connectivity index (χ1v) is 9.46. The molecule has 0 aliphatic rings. The lowest BCUT2D eigenvalue weighted by molar-refractivity contribution is -0.131. The van der Waals surface area contributed by atoms with Crippen LogP contribution in [0.2, 0.25) is 0 Å². The summed E-state index contributed by atoms with van der Waals surface area (Å²) >= 11 is 1.37. The number of hydrogen-bond acceptors (Lipinski definition) is 4. The number of hydrogen-bond donors (Lipinski definition) is 0. The van der Waals surface area contributed by atoms with Gasteiger partial charge in [-0.15, -0.1) is 11.3 Å². The minimum Gasteiger partial charge on any atom is -0.332 e. The predicted molar refractivity (Wildman–Crippen MR) is 107 cm³/mol. The molecule has 1 atom stereocenters. The maximum atomic E-state index is 12.9. The Morgan fingerprint density at radius 1 is 1.00 bits per heavy atom. The maximum absolute atomic E-state index is 12.9. The first kappa shape index (κ1) is 18.8. The molecule has 27 heavy (non-hydrogen) atoms. The molecule has 138 valence electrons. The standard InChI is InChI=1S/C21H21N3O2S/c1-23(21(26)18-12-8-14-27-18)15-19(25)24(2)20(16-9-4-3-5-10-16)17-11-6-7-13-22-17/h3-14,20H,15H2,1-2H3/t20-/m1/s1. The Morgan fingerprint density at radius 3 is 2.37 bits per heavy atom. The molecule has 1 aromatic carbocycles. The molecule has 0 N–H and O–H groups in total. The molecule has 2 heterocycles. The van der Waals surface area contributed by atoms with Gasteiger partial charge in [-0.25, -0.2) is 0 Å². The van der Waals surface area contributed by atoms with E-state index in [1.807, 2.05) is 60.0 Å². The van der Waals surface area contributed by atoms with Crippen LogP contribution < -0.4 is 0 Å². The Balaban J connectivity index is 1.80. The van der Waals surface area contributed by atoms with E-state index >= 15 is 0 Å². The number of benzene rings is 1. The normalized spacial score (nSPS) is 11.6. The number of thiophene rings is 1. The molecule has 0 aliphatic heterocycles. The SMILES string of the molecule is CN(CC(=O)N(C)[C@H](c1ccccc1)c1ccccn1)C(=O)c1cccs1. The van der Waals surface area contributed by atoms with E-state index in [0.29, 0.717) is 4.88 Å². The number of likely N-dealkylation sites (N-methyl/N-ethyl adjacent to an activating group) is 2. The summed E-state index contributed by atoms with van der Waals surface area (Å²) in [5, 5.41) is 1.85. The summed E-state index contributed by atoms with van der Waals surface area (Å²) in [6.07, 6.45) is 1.72. The molecule has 0 unspecified atom stereocenters. The Bertz CT molecular complexity index is 843. The largest absolute Gasteiger partial charge is 0.332 e. The Labute approximate surface area is 162 Å². The lowest BCUT2D eigenvalue weighted by atomic mass is 10.0. The van der Waals surface area contributed by atoms with Crippen LogP contribution in [-0.2, 0) is 4.79 Å². The zero-order valence-corrected chi connectivity index (χ0v) is 16.1. The molecule has 0 spiro atoms. The van der Waals surface area contributed by atoms with Crippen LogP contribution in [0.5, 0.6) is 0 Å². The second-order valence-electron chi connectivity index (χ2n) is 6.21. The molecule has 0 aliphatic carbocycles. The first-order valence-electron chi connectivity index (χ1n) is 8.58. The molecule has 5 nitrogen and oxygen atoms in total. The zero-order valence-electron chi connectivity index (χ0n) is 15.3. The van der Waals surface area contributed by atoms with Crippen LogP contribution in [0.3, 0.4) is 0 Å². The van der Waals surface area contributed by atoms with Crippen LogP contribution in [0.25, 0.3) is 0 Å². The molecule has 0 bridgehead atoms. The van der Waals surface area contributed by atoms with Crippen molar-refractivity contribution in [1.29, 1.82) is 0 Å². The topological polar surface area (TPSA) is 53.5 Å². The van der Waals surface area contributed by atoms with E-state index in [1.54, 1.807) is 31.3 Å². The summed E-state index contributed by atoms with van der Waals surface area (Å²) in [6.45, 7) is 0.00337. The van der Waals surface area contributed by atoms with Crippen molar-refractivity contribution >= 4 is 23.2 Å². The lowest BCUT2D eigenvalue weighted by Gasteiger charge is -2.30. The van der Waals surface area contributed by atoms with Crippen LogP contribution >= 0.6 is 11.3 Å². The lowest BCUT2D eigenvalue weighted by Crippen LogP contribution is -2.41. The molecular weight excluding hydrogens is 358 g/mol. The predicted octanol–water partition coefficient (Wildman–Crippen LogP) is 3.46. The number of pyridine rings is 1. The van der Waals surface area contributed by atoms with Gasteiger partial charge >= 0.3 is 0 Å². The summed E-state index contributed by atoms with van der Waals surface area (Å²) in [5.41, 5.74) is 1.76. The number of rotatable bonds is 6. The number of carbonyl (C=O) groups excluding carboxylic acids is 2. The fourth-order valence-corrected chi connectivity index (χ4v) is 3.60. The summed E-state index contributed by atoms with van der Waals surface area (Å²) in [5.74, 6) is -0.303. The van der Waals surface area contributed by atoms with Crippen molar-refractivity contribution in [1.82, 2.24) is 14.8 Å². The van der Waals surface area contributed by atoms with E-state index in [4.69, 9.17) is 0 Å².